The smallest absolute Gasteiger partial charge is 0.319 e. The van der Waals surface area contributed by atoms with Crippen molar-refractivity contribution in [2.45, 2.75) is 33.6 Å². The summed E-state index contributed by atoms with van der Waals surface area (Å²) in [6.07, 6.45) is 2.36. The van der Waals surface area contributed by atoms with Crippen LogP contribution in [0.15, 0.2) is 0 Å². The van der Waals surface area contributed by atoms with Crippen LogP contribution < -0.4 is 0 Å². The molecule has 0 atom stereocenters. The highest BCUT2D eigenvalue weighted by Gasteiger charge is 2.29. The Hall–Kier alpha value is -0.730. The summed E-state index contributed by atoms with van der Waals surface area (Å²) in [4.78, 5) is 15.6. The monoisotopic (exact) mass is 198 g/mol. The van der Waals surface area contributed by atoms with Gasteiger partial charge in [0, 0.05) is 26.7 Å². The van der Waals surface area contributed by atoms with Crippen molar-refractivity contribution in [1.82, 2.24) is 9.80 Å². The predicted molar refractivity (Wildman–Crippen MR) is 58.3 cm³/mol. The normalized spacial score (nSPS) is 20.7. The van der Waals surface area contributed by atoms with Crippen LogP contribution in [-0.2, 0) is 0 Å². The molecule has 1 rings (SSSR count). The Kier molecular flexibility index (Phi) is 3.40. The number of carbonyl (C=O) groups is 1. The lowest BCUT2D eigenvalue weighted by molar-refractivity contribution is 0.109. The van der Waals surface area contributed by atoms with Crippen LogP contribution in [-0.4, -0.2) is 42.5 Å². The van der Waals surface area contributed by atoms with Crippen molar-refractivity contribution in [3.63, 3.8) is 0 Å². The van der Waals surface area contributed by atoms with Crippen LogP contribution in [0.4, 0.5) is 4.79 Å². The van der Waals surface area contributed by atoms with Crippen molar-refractivity contribution in [2.24, 2.45) is 5.41 Å². The molecule has 0 aromatic carbocycles. The van der Waals surface area contributed by atoms with Gasteiger partial charge in [-0.2, -0.15) is 0 Å². The highest BCUT2D eigenvalue weighted by Crippen LogP contribution is 2.28. The molecule has 3 nitrogen and oxygen atoms in total. The van der Waals surface area contributed by atoms with Crippen LogP contribution in [0.25, 0.3) is 0 Å². The molecule has 0 bridgehead atoms. The third-order valence-electron chi connectivity index (χ3n) is 2.97. The van der Waals surface area contributed by atoms with Gasteiger partial charge in [0.2, 0.25) is 0 Å². The highest BCUT2D eigenvalue weighted by molar-refractivity contribution is 5.74. The summed E-state index contributed by atoms with van der Waals surface area (Å²) in [5, 5.41) is 0. The molecule has 82 valence electrons. The van der Waals surface area contributed by atoms with E-state index in [1.54, 1.807) is 4.90 Å². The molecule has 3 heteroatoms. The van der Waals surface area contributed by atoms with Crippen molar-refractivity contribution in [3.8, 4) is 0 Å². The zero-order chi connectivity index (χ0) is 10.8. The molecule has 0 aliphatic carbocycles. The van der Waals surface area contributed by atoms with Gasteiger partial charge in [0.25, 0.3) is 0 Å². The number of hydrogen-bond acceptors (Lipinski definition) is 1. The number of piperidine rings is 1. The SMILES string of the molecule is CCN(C)C(=O)N1CCCC(C)(C)C1. The standard InChI is InChI=1S/C11H22N2O/c1-5-12(4)10(14)13-8-6-7-11(2,3)9-13/h5-9H2,1-4H3. The van der Waals surface area contributed by atoms with Crippen molar-refractivity contribution < 1.29 is 4.79 Å². The van der Waals surface area contributed by atoms with Gasteiger partial charge < -0.3 is 9.80 Å². The average Bonchev–Trinajstić information content (AvgIpc) is 2.14. The van der Waals surface area contributed by atoms with Crippen LogP contribution in [0.5, 0.6) is 0 Å². The van der Waals surface area contributed by atoms with Gasteiger partial charge >= 0.3 is 6.03 Å². The minimum absolute atomic E-state index is 0.181. The van der Waals surface area contributed by atoms with E-state index in [0.29, 0.717) is 5.41 Å². The number of amides is 2. The summed E-state index contributed by atoms with van der Waals surface area (Å²) < 4.78 is 0. The Morgan fingerprint density at radius 1 is 1.50 bits per heavy atom. The van der Waals surface area contributed by atoms with Gasteiger partial charge in [-0.05, 0) is 25.2 Å². The first kappa shape index (κ1) is 11.3. The molecule has 0 aromatic rings. The number of carbonyl (C=O) groups excluding carboxylic acids is 1. The zero-order valence-electron chi connectivity index (χ0n) is 9.84. The number of urea groups is 1. The molecule has 1 fully saturated rings. The average molecular weight is 198 g/mol. The summed E-state index contributed by atoms with van der Waals surface area (Å²) in [6.45, 7) is 9.09. The van der Waals surface area contributed by atoms with E-state index in [4.69, 9.17) is 0 Å². The number of nitrogens with zero attached hydrogens (tertiary/aromatic N) is 2. The van der Waals surface area contributed by atoms with E-state index in [2.05, 4.69) is 13.8 Å². The maximum atomic E-state index is 11.9. The molecular formula is C11H22N2O. The van der Waals surface area contributed by atoms with E-state index in [-0.39, 0.29) is 6.03 Å². The van der Waals surface area contributed by atoms with Gasteiger partial charge in [0.05, 0.1) is 0 Å². The lowest BCUT2D eigenvalue weighted by Gasteiger charge is -2.39. The van der Waals surface area contributed by atoms with E-state index in [1.165, 1.54) is 6.42 Å². The van der Waals surface area contributed by atoms with Gasteiger partial charge in [0.15, 0.2) is 0 Å². The Bertz CT molecular complexity index is 213. The molecule has 14 heavy (non-hydrogen) atoms. The first-order chi connectivity index (χ1) is 6.46. The molecule has 0 unspecified atom stereocenters. The van der Waals surface area contributed by atoms with Gasteiger partial charge in [-0.15, -0.1) is 0 Å². The van der Waals surface area contributed by atoms with Crippen LogP contribution in [0, 0.1) is 5.41 Å². The molecule has 1 heterocycles. The van der Waals surface area contributed by atoms with E-state index in [1.807, 2.05) is 18.9 Å². The maximum absolute atomic E-state index is 11.9. The molecular weight excluding hydrogens is 176 g/mol. The Morgan fingerprint density at radius 2 is 2.14 bits per heavy atom. The highest BCUT2D eigenvalue weighted by atomic mass is 16.2. The van der Waals surface area contributed by atoms with Gasteiger partial charge in [-0.25, -0.2) is 4.79 Å². The minimum atomic E-state index is 0.181. The molecule has 1 aliphatic rings. The first-order valence-corrected chi connectivity index (χ1v) is 5.46. The van der Waals surface area contributed by atoms with E-state index in [9.17, 15) is 4.79 Å². The van der Waals surface area contributed by atoms with E-state index < -0.39 is 0 Å². The zero-order valence-corrected chi connectivity index (χ0v) is 9.84. The van der Waals surface area contributed by atoms with Crippen LogP contribution in [0.3, 0.4) is 0 Å². The molecule has 1 aliphatic heterocycles. The predicted octanol–water partition coefficient (Wildman–Crippen LogP) is 2.18. The Balaban J connectivity index is 2.56. The number of hydrogen-bond donors (Lipinski definition) is 0. The summed E-state index contributed by atoms with van der Waals surface area (Å²) >= 11 is 0. The van der Waals surface area contributed by atoms with Crippen molar-refractivity contribution >= 4 is 6.03 Å². The fourth-order valence-corrected chi connectivity index (χ4v) is 1.96. The topological polar surface area (TPSA) is 23.6 Å². The molecule has 0 spiro atoms. The Morgan fingerprint density at radius 3 is 2.64 bits per heavy atom. The molecule has 2 amide bonds. The molecule has 1 saturated heterocycles. The summed E-state index contributed by atoms with van der Waals surface area (Å²) in [5.74, 6) is 0. The van der Waals surface area contributed by atoms with Crippen LogP contribution >= 0.6 is 0 Å². The van der Waals surface area contributed by atoms with Gasteiger partial charge in [0.1, 0.15) is 0 Å². The lowest BCUT2D eigenvalue weighted by atomic mass is 9.84. The van der Waals surface area contributed by atoms with Crippen LogP contribution in [0.1, 0.15) is 33.6 Å². The minimum Gasteiger partial charge on any atom is -0.328 e. The second kappa shape index (κ2) is 4.20. The largest absolute Gasteiger partial charge is 0.328 e. The molecule has 0 aromatic heterocycles. The van der Waals surface area contributed by atoms with E-state index in [0.717, 1.165) is 26.1 Å². The Labute approximate surface area is 87.1 Å². The fraction of sp³-hybridized carbons (Fsp3) is 0.909. The molecule has 0 radical (unpaired) electrons. The summed E-state index contributed by atoms with van der Waals surface area (Å²) in [5.41, 5.74) is 0.294. The maximum Gasteiger partial charge on any atom is 0.319 e. The van der Waals surface area contributed by atoms with Gasteiger partial charge in [-0.3, -0.25) is 0 Å². The lowest BCUT2D eigenvalue weighted by Crippen LogP contribution is -2.48. The second-order valence-corrected chi connectivity index (χ2v) is 4.99. The fourth-order valence-electron chi connectivity index (χ4n) is 1.96. The van der Waals surface area contributed by atoms with Crippen molar-refractivity contribution in [3.05, 3.63) is 0 Å². The molecule has 0 saturated carbocycles. The number of likely N-dealkylation sites (tertiary alicyclic amines) is 1. The van der Waals surface area contributed by atoms with Crippen molar-refractivity contribution in [1.29, 1.82) is 0 Å². The summed E-state index contributed by atoms with van der Waals surface area (Å²) in [7, 11) is 1.87. The molecule has 0 N–H and O–H groups in total. The second-order valence-electron chi connectivity index (χ2n) is 4.99. The van der Waals surface area contributed by atoms with Crippen molar-refractivity contribution in [2.75, 3.05) is 26.7 Å². The first-order valence-electron chi connectivity index (χ1n) is 5.46. The summed E-state index contributed by atoms with van der Waals surface area (Å²) in [6, 6.07) is 0.181. The van der Waals surface area contributed by atoms with Crippen LogP contribution in [0.2, 0.25) is 0 Å². The quantitative estimate of drug-likeness (QED) is 0.633. The van der Waals surface area contributed by atoms with E-state index >= 15 is 0 Å². The van der Waals surface area contributed by atoms with Gasteiger partial charge in [-0.1, -0.05) is 13.8 Å². The third kappa shape index (κ3) is 2.63. The number of rotatable bonds is 1. The third-order valence-corrected chi connectivity index (χ3v) is 2.97.